The topological polar surface area (TPSA) is 20.3 Å². The highest BCUT2D eigenvalue weighted by Crippen LogP contribution is 2.48. The van der Waals surface area contributed by atoms with Crippen LogP contribution in [-0.2, 0) is 4.79 Å². The van der Waals surface area contributed by atoms with Gasteiger partial charge >= 0.3 is 0 Å². The number of carbonyl (C=O) groups is 1. The number of unbranched alkanes of at least 4 members (excludes halogenated alkanes) is 1. The molecular weight excluding hydrogens is 234 g/mol. The third-order valence-electron chi connectivity index (χ3n) is 4.59. The van der Waals surface area contributed by atoms with Gasteiger partial charge in [-0.15, -0.1) is 11.6 Å². The van der Waals surface area contributed by atoms with Crippen molar-refractivity contribution >= 4 is 17.5 Å². The molecule has 0 aromatic rings. The Bertz CT molecular complexity index is 269. The summed E-state index contributed by atoms with van der Waals surface area (Å²) < 4.78 is 0. The number of hydrogen-bond acceptors (Lipinski definition) is 1. The highest BCUT2D eigenvalue weighted by atomic mass is 35.5. The molecule has 3 heteroatoms. The van der Waals surface area contributed by atoms with E-state index in [2.05, 4.69) is 0 Å². The molecule has 3 unspecified atom stereocenters. The molecule has 2 nitrogen and oxygen atoms in total. The molecule has 0 heterocycles. The number of nitrogens with zero attached hydrogens (tertiary/aromatic N) is 1. The number of rotatable bonds is 6. The summed E-state index contributed by atoms with van der Waals surface area (Å²) in [6.45, 7) is 0.987. The molecule has 0 aliphatic heterocycles. The average Bonchev–Trinajstić information content (AvgIpc) is 2.91. The lowest BCUT2D eigenvalue weighted by atomic mass is 9.88. The summed E-state index contributed by atoms with van der Waals surface area (Å²) in [7, 11) is 1.97. The smallest absolute Gasteiger partial charge is 0.222 e. The number of fused-ring (bicyclic) bond motifs is 2. The molecule has 0 N–H and O–H groups in total. The first-order chi connectivity index (χ1) is 8.20. The van der Waals surface area contributed by atoms with Crippen molar-refractivity contribution < 1.29 is 4.79 Å². The highest BCUT2D eigenvalue weighted by Gasteiger charge is 2.39. The summed E-state index contributed by atoms with van der Waals surface area (Å²) in [6, 6.07) is 0. The molecule has 2 rings (SSSR count). The lowest BCUT2D eigenvalue weighted by Crippen LogP contribution is -2.33. The van der Waals surface area contributed by atoms with Crippen molar-refractivity contribution in [3.63, 3.8) is 0 Å². The molecule has 0 aromatic carbocycles. The third-order valence-corrected chi connectivity index (χ3v) is 4.86. The van der Waals surface area contributed by atoms with Crippen LogP contribution in [0.2, 0.25) is 0 Å². The van der Waals surface area contributed by atoms with Gasteiger partial charge in [0.2, 0.25) is 5.91 Å². The van der Waals surface area contributed by atoms with Gasteiger partial charge in [0, 0.05) is 25.9 Å². The Labute approximate surface area is 110 Å². The summed E-state index contributed by atoms with van der Waals surface area (Å²) in [6.07, 6.45) is 8.20. The molecule has 0 radical (unpaired) electrons. The first kappa shape index (κ1) is 13.2. The molecule has 0 saturated heterocycles. The van der Waals surface area contributed by atoms with Gasteiger partial charge in [0.15, 0.2) is 0 Å². The van der Waals surface area contributed by atoms with Crippen molar-refractivity contribution in [1.29, 1.82) is 0 Å². The van der Waals surface area contributed by atoms with E-state index in [-0.39, 0.29) is 0 Å². The van der Waals surface area contributed by atoms with Gasteiger partial charge in [0.25, 0.3) is 0 Å². The quantitative estimate of drug-likeness (QED) is 0.528. The summed E-state index contributed by atoms with van der Waals surface area (Å²) in [5.74, 6) is 3.65. The van der Waals surface area contributed by atoms with E-state index in [4.69, 9.17) is 11.6 Å². The van der Waals surface area contributed by atoms with Crippen LogP contribution in [-0.4, -0.2) is 30.3 Å². The maximum absolute atomic E-state index is 11.9. The van der Waals surface area contributed by atoms with Crippen LogP contribution in [0.25, 0.3) is 0 Å². The van der Waals surface area contributed by atoms with Crippen LogP contribution in [0.1, 0.15) is 44.9 Å². The van der Waals surface area contributed by atoms with Crippen molar-refractivity contribution in [2.24, 2.45) is 17.8 Å². The van der Waals surface area contributed by atoms with Crippen LogP contribution < -0.4 is 0 Å². The molecule has 98 valence electrons. The van der Waals surface area contributed by atoms with Gasteiger partial charge in [0.05, 0.1) is 0 Å². The Kier molecular flexibility index (Phi) is 4.72. The second-order valence-electron chi connectivity index (χ2n) is 5.86. The van der Waals surface area contributed by atoms with Crippen LogP contribution in [0.3, 0.4) is 0 Å². The first-order valence-electron chi connectivity index (χ1n) is 7.00. The molecule has 17 heavy (non-hydrogen) atoms. The molecule has 1 amide bonds. The Balaban J connectivity index is 1.69. The minimum atomic E-state index is 0.304. The molecule has 0 spiro atoms. The predicted octanol–water partition coefficient (Wildman–Crippen LogP) is 3.29. The average molecular weight is 258 g/mol. The maximum Gasteiger partial charge on any atom is 0.222 e. The number of amides is 1. The molecule has 2 bridgehead atoms. The Morgan fingerprint density at radius 2 is 2.12 bits per heavy atom. The fourth-order valence-corrected chi connectivity index (χ4v) is 3.80. The molecule has 2 aliphatic carbocycles. The van der Waals surface area contributed by atoms with Gasteiger partial charge in [0.1, 0.15) is 0 Å². The standard InChI is InChI=1S/C14H24ClNO/c1-16(14(17)4-2-3-7-15)10-13-9-11-5-6-12(13)8-11/h11-13H,2-10H2,1H3. The van der Waals surface area contributed by atoms with Gasteiger partial charge in [-0.05, 0) is 49.9 Å². The zero-order valence-electron chi connectivity index (χ0n) is 10.8. The Hall–Kier alpha value is -0.240. The number of halogens is 1. The second-order valence-corrected chi connectivity index (χ2v) is 6.23. The lowest BCUT2D eigenvalue weighted by Gasteiger charge is -2.27. The van der Waals surface area contributed by atoms with Crippen LogP contribution >= 0.6 is 11.6 Å². The third kappa shape index (κ3) is 3.37. The molecule has 0 aromatic heterocycles. The number of alkyl halides is 1. The lowest BCUT2D eigenvalue weighted by molar-refractivity contribution is -0.130. The number of carbonyl (C=O) groups excluding carboxylic acids is 1. The summed E-state index contributed by atoms with van der Waals surface area (Å²) in [5.41, 5.74) is 0. The van der Waals surface area contributed by atoms with E-state index in [0.717, 1.165) is 37.1 Å². The van der Waals surface area contributed by atoms with Crippen LogP contribution in [0.5, 0.6) is 0 Å². The second kappa shape index (κ2) is 6.08. The van der Waals surface area contributed by atoms with E-state index in [0.29, 0.717) is 18.2 Å². The van der Waals surface area contributed by atoms with Crippen molar-refractivity contribution in [1.82, 2.24) is 4.90 Å². The molecular formula is C14H24ClNO. The van der Waals surface area contributed by atoms with Gasteiger partial charge < -0.3 is 4.90 Å². The van der Waals surface area contributed by atoms with Crippen molar-refractivity contribution in [3.05, 3.63) is 0 Å². The van der Waals surface area contributed by atoms with Gasteiger partial charge in [-0.25, -0.2) is 0 Å². The van der Waals surface area contributed by atoms with Crippen molar-refractivity contribution in [2.45, 2.75) is 44.9 Å². The maximum atomic E-state index is 11.9. The van der Waals surface area contributed by atoms with Crippen LogP contribution in [0.15, 0.2) is 0 Å². The first-order valence-corrected chi connectivity index (χ1v) is 7.54. The highest BCUT2D eigenvalue weighted by molar-refractivity contribution is 6.17. The SMILES string of the molecule is CN(CC1CC2CCC1C2)C(=O)CCCCCl. The van der Waals surface area contributed by atoms with E-state index in [1.165, 1.54) is 25.7 Å². The van der Waals surface area contributed by atoms with Gasteiger partial charge in [-0.1, -0.05) is 6.42 Å². The largest absolute Gasteiger partial charge is 0.345 e. The normalized spacial score (nSPS) is 30.8. The van der Waals surface area contributed by atoms with E-state index in [1.807, 2.05) is 11.9 Å². The van der Waals surface area contributed by atoms with E-state index < -0.39 is 0 Å². The number of hydrogen-bond donors (Lipinski definition) is 0. The zero-order valence-corrected chi connectivity index (χ0v) is 11.6. The zero-order chi connectivity index (χ0) is 12.3. The van der Waals surface area contributed by atoms with E-state index >= 15 is 0 Å². The molecule has 2 fully saturated rings. The van der Waals surface area contributed by atoms with Crippen LogP contribution in [0.4, 0.5) is 0 Å². The van der Waals surface area contributed by atoms with Gasteiger partial charge in [-0.2, -0.15) is 0 Å². The minimum Gasteiger partial charge on any atom is -0.345 e. The monoisotopic (exact) mass is 257 g/mol. The van der Waals surface area contributed by atoms with Crippen LogP contribution in [0, 0.1) is 17.8 Å². The fourth-order valence-electron chi connectivity index (χ4n) is 3.62. The van der Waals surface area contributed by atoms with E-state index in [9.17, 15) is 4.79 Å². The summed E-state index contributed by atoms with van der Waals surface area (Å²) in [5, 5.41) is 0. The molecule has 2 aliphatic rings. The van der Waals surface area contributed by atoms with Gasteiger partial charge in [-0.3, -0.25) is 4.79 Å². The summed E-state index contributed by atoms with van der Waals surface area (Å²) >= 11 is 5.62. The van der Waals surface area contributed by atoms with Crippen molar-refractivity contribution in [2.75, 3.05) is 19.5 Å². The Morgan fingerprint density at radius 1 is 1.29 bits per heavy atom. The minimum absolute atomic E-state index is 0.304. The van der Waals surface area contributed by atoms with E-state index in [1.54, 1.807) is 0 Å². The fraction of sp³-hybridized carbons (Fsp3) is 0.929. The Morgan fingerprint density at radius 3 is 2.71 bits per heavy atom. The molecule has 2 saturated carbocycles. The predicted molar refractivity (Wildman–Crippen MR) is 71.1 cm³/mol. The van der Waals surface area contributed by atoms with Crippen molar-refractivity contribution in [3.8, 4) is 0 Å². The molecule has 3 atom stereocenters. The summed E-state index contributed by atoms with van der Waals surface area (Å²) in [4.78, 5) is 13.9.